The lowest BCUT2D eigenvalue weighted by Gasteiger charge is -2.02. The highest BCUT2D eigenvalue weighted by molar-refractivity contribution is 6.34. The molecule has 2 rings (SSSR count). The van der Waals surface area contributed by atoms with Crippen molar-refractivity contribution in [3.8, 4) is 0 Å². The molecule has 0 saturated carbocycles. The van der Waals surface area contributed by atoms with Crippen LogP contribution in [0.2, 0.25) is 0 Å². The molecule has 2 aromatic rings. The van der Waals surface area contributed by atoms with E-state index in [0.29, 0.717) is 11.3 Å². The van der Waals surface area contributed by atoms with E-state index < -0.39 is 11.6 Å². The zero-order chi connectivity index (χ0) is 13.1. The van der Waals surface area contributed by atoms with Gasteiger partial charge in [-0.15, -0.1) is 0 Å². The van der Waals surface area contributed by atoms with E-state index >= 15 is 0 Å². The number of nitrogens with one attached hydrogen (secondary N) is 1. The highest BCUT2D eigenvalue weighted by Gasteiger charge is 2.02. The van der Waals surface area contributed by atoms with Gasteiger partial charge in [-0.2, -0.15) is 5.10 Å². The van der Waals surface area contributed by atoms with Crippen molar-refractivity contribution in [2.45, 2.75) is 6.92 Å². The second-order valence-electron chi connectivity index (χ2n) is 3.62. The van der Waals surface area contributed by atoms with Gasteiger partial charge in [-0.05, 0) is 31.2 Å². The van der Waals surface area contributed by atoms with Gasteiger partial charge >= 0.3 is 11.6 Å². The van der Waals surface area contributed by atoms with Crippen LogP contribution in [0.3, 0.4) is 0 Å². The molecule has 1 aromatic carbocycles. The topological polar surface area (TPSA) is 91.9 Å². The van der Waals surface area contributed by atoms with E-state index in [-0.39, 0.29) is 5.71 Å². The van der Waals surface area contributed by atoms with Crippen LogP contribution in [-0.2, 0) is 4.79 Å². The second-order valence-corrected chi connectivity index (χ2v) is 3.62. The lowest BCUT2D eigenvalue weighted by Crippen LogP contribution is -2.10. The van der Waals surface area contributed by atoms with Gasteiger partial charge in [0.05, 0.1) is 5.69 Å². The van der Waals surface area contributed by atoms with Crippen molar-refractivity contribution in [2.75, 3.05) is 5.43 Å². The van der Waals surface area contributed by atoms with Crippen LogP contribution in [0, 0.1) is 0 Å². The molecule has 0 saturated heterocycles. The van der Waals surface area contributed by atoms with E-state index in [1.165, 1.54) is 13.0 Å². The molecule has 6 heteroatoms. The second kappa shape index (κ2) is 4.70. The first-order chi connectivity index (χ1) is 8.56. The molecular weight excluding hydrogens is 236 g/mol. The summed E-state index contributed by atoms with van der Waals surface area (Å²) >= 11 is 0. The molecule has 2 N–H and O–H groups in total. The summed E-state index contributed by atoms with van der Waals surface area (Å²) in [5.41, 5.74) is 3.23. The lowest BCUT2D eigenvalue weighted by atomic mass is 10.2. The van der Waals surface area contributed by atoms with Crippen LogP contribution in [0.4, 0.5) is 5.69 Å². The zero-order valence-electron chi connectivity index (χ0n) is 9.51. The predicted octanol–water partition coefficient (Wildman–Crippen LogP) is 1.67. The molecule has 92 valence electrons. The average molecular weight is 246 g/mol. The minimum atomic E-state index is -1.09. The molecule has 0 amide bonds. The van der Waals surface area contributed by atoms with Crippen LogP contribution in [-0.4, -0.2) is 16.8 Å². The fourth-order valence-corrected chi connectivity index (χ4v) is 1.34. The van der Waals surface area contributed by atoms with Crippen LogP contribution in [0.25, 0.3) is 11.0 Å². The van der Waals surface area contributed by atoms with Crippen molar-refractivity contribution in [1.82, 2.24) is 0 Å². The number of carbonyl (C=O) groups is 1. The fraction of sp³-hybridized carbons (Fsp3) is 0.0833. The van der Waals surface area contributed by atoms with E-state index in [4.69, 9.17) is 9.52 Å². The fourth-order valence-electron chi connectivity index (χ4n) is 1.34. The largest absolute Gasteiger partial charge is 0.477 e. The van der Waals surface area contributed by atoms with Gasteiger partial charge in [-0.3, -0.25) is 5.43 Å². The van der Waals surface area contributed by atoms with E-state index in [0.717, 1.165) is 5.39 Å². The van der Waals surface area contributed by atoms with Gasteiger partial charge in [0.2, 0.25) is 0 Å². The molecule has 0 spiro atoms. The Morgan fingerprint density at radius 3 is 2.83 bits per heavy atom. The van der Waals surface area contributed by atoms with Crippen molar-refractivity contribution in [1.29, 1.82) is 0 Å². The van der Waals surface area contributed by atoms with Crippen molar-refractivity contribution in [3.05, 3.63) is 40.8 Å². The molecule has 0 aliphatic carbocycles. The van der Waals surface area contributed by atoms with Gasteiger partial charge in [-0.1, -0.05) is 0 Å². The number of carboxylic acids is 1. The van der Waals surface area contributed by atoms with Gasteiger partial charge in [0, 0.05) is 11.5 Å². The summed E-state index contributed by atoms with van der Waals surface area (Å²) in [6.45, 7) is 1.38. The molecule has 0 atom stereocenters. The van der Waals surface area contributed by atoms with Gasteiger partial charge < -0.3 is 9.52 Å². The molecule has 18 heavy (non-hydrogen) atoms. The number of aliphatic carboxylic acids is 1. The summed E-state index contributed by atoms with van der Waals surface area (Å²) in [6.07, 6.45) is 0. The summed E-state index contributed by atoms with van der Waals surface area (Å²) in [5.74, 6) is -1.09. The van der Waals surface area contributed by atoms with Gasteiger partial charge in [0.25, 0.3) is 0 Å². The molecule has 0 fully saturated rings. The Morgan fingerprint density at radius 1 is 1.33 bits per heavy atom. The van der Waals surface area contributed by atoms with Crippen LogP contribution in [0.1, 0.15) is 6.92 Å². The Bertz CT molecular complexity index is 688. The molecular formula is C12H10N2O4. The molecule has 0 unspecified atom stereocenters. The number of fused-ring (bicyclic) bond motifs is 1. The quantitative estimate of drug-likeness (QED) is 0.488. The number of carboxylic acid groups (broad SMARTS) is 1. The normalized spacial score (nSPS) is 11.5. The maximum Gasteiger partial charge on any atom is 0.351 e. The lowest BCUT2D eigenvalue weighted by molar-refractivity contribution is -0.129. The van der Waals surface area contributed by atoms with E-state index in [2.05, 4.69) is 10.5 Å². The van der Waals surface area contributed by atoms with Crippen molar-refractivity contribution in [2.24, 2.45) is 5.10 Å². The van der Waals surface area contributed by atoms with Gasteiger partial charge in [-0.25, -0.2) is 9.59 Å². The predicted molar refractivity (Wildman–Crippen MR) is 66.9 cm³/mol. The molecule has 6 nitrogen and oxygen atoms in total. The van der Waals surface area contributed by atoms with Crippen molar-refractivity contribution in [3.63, 3.8) is 0 Å². The number of hydrogen-bond acceptors (Lipinski definition) is 5. The Hall–Kier alpha value is -2.63. The van der Waals surface area contributed by atoms with E-state index in [9.17, 15) is 9.59 Å². The summed E-state index contributed by atoms with van der Waals surface area (Å²) < 4.78 is 4.97. The molecule has 0 radical (unpaired) electrons. The standard InChI is InChI=1S/C12H10N2O4/c1-7(12(16)17)13-14-9-3-4-10-8(6-9)2-5-11(15)18-10/h2-6,14H,1H3,(H,16,17). The Kier molecular flexibility index (Phi) is 3.09. The Labute approximate surface area is 102 Å². The summed E-state index contributed by atoms with van der Waals surface area (Å²) in [7, 11) is 0. The first-order valence-electron chi connectivity index (χ1n) is 5.14. The van der Waals surface area contributed by atoms with Gasteiger partial charge in [0.1, 0.15) is 11.3 Å². The zero-order valence-corrected chi connectivity index (χ0v) is 9.51. The monoisotopic (exact) mass is 246 g/mol. The van der Waals surface area contributed by atoms with Crippen LogP contribution >= 0.6 is 0 Å². The van der Waals surface area contributed by atoms with Crippen molar-refractivity contribution < 1.29 is 14.3 Å². The SMILES string of the molecule is CC(=NNc1ccc2oc(=O)ccc2c1)C(=O)O. The molecule has 1 heterocycles. The highest BCUT2D eigenvalue weighted by atomic mass is 16.4. The average Bonchev–Trinajstić information content (AvgIpc) is 2.35. The number of hydrogen-bond donors (Lipinski definition) is 2. The van der Waals surface area contributed by atoms with E-state index in [1.807, 2.05) is 0 Å². The van der Waals surface area contributed by atoms with Gasteiger partial charge in [0.15, 0.2) is 0 Å². The minimum absolute atomic E-state index is 0.0466. The number of nitrogens with zero attached hydrogens (tertiary/aromatic N) is 1. The highest BCUT2D eigenvalue weighted by Crippen LogP contribution is 2.17. The minimum Gasteiger partial charge on any atom is -0.477 e. The van der Waals surface area contributed by atoms with Crippen molar-refractivity contribution >= 4 is 28.3 Å². The number of anilines is 1. The number of benzene rings is 1. The third kappa shape index (κ3) is 2.54. The first-order valence-corrected chi connectivity index (χ1v) is 5.14. The summed E-state index contributed by atoms with van der Waals surface area (Å²) in [5, 5.41) is 13.1. The van der Waals surface area contributed by atoms with Crippen LogP contribution in [0.15, 0.2) is 44.6 Å². The Balaban J connectivity index is 2.31. The molecule has 0 aliphatic rings. The molecule has 0 aliphatic heterocycles. The third-order valence-corrected chi connectivity index (χ3v) is 2.28. The van der Waals surface area contributed by atoms with E-state index in [1.54, 1.807) is 24.3 Å². The third-order valence-electron chi connectivity index (χ3n) is 2.28. The number of rotatable bonds is 3. The smallest absolute Gasteiger partial charge is 0.351 e. The summed E-state index contributed by atoms with van der Waals surface area (Å²) in [6, 6.07) is 7.91. The summed E-state index contributed by atoms with van der Waals surface area (Å²) in [4.78, 5) is 21.5. The van der Waals surface area contributed by atoms with Crippen LogP contribution in [0.5, 0.6) is 0 Å². The molecule has 1 aromatic heterocycles. The Morgan fingerprint density at radius 2 is 2.11 bits per heavy atom. The first kappa shape index (κ1) is 11.8. The maximum absolute atomic E-state index is 11.0. The number of hydrazone groups is 1. The molecule has 0 bridgehead atoms. The maximum atomic E-state index is 11.0. The van der Waals surface area contributed by atoms with Crippen LogP contribution < -0.4 is 11.1 Å².